The van der Waals surface area contributed by atoms with Gasteiger partial charge in [-0.25, -0.2) is 0 Å². The quantitative estimate of drug-likeness (QED) is 0.909. The van der Waals surface area contributed by atoms with E-state index in [-0.39, 0.29) is 5.41 Å². The summed E-state index contributed by atoms with van der Waals surface area (Å²) in [7, 11) is 0. The largest absolute Gasteiger partial charge is 0.369 e. The number of anilines is 1. The van der Waals surface area contributed by atoms with Gasteiger partial charge >= 0.3 is 0 Å². The first kappa shape index (κ1) is 11.5. The molecule has 0 aliphatic carbocycles. The number of hydrogen-bond acceptors (Lipinski definition) is 5. The van der Waals surface area contributed by atoms with Gasteiger partial charge in [-0.2, -0.15) is 0 Å². The van der Waals surface area contributed by atoms with Gasteiger partial charge in [0, 0.05) is 21.3 Å². The lowest BCUT2D eigenvalue weighted by Gasteiger charge is -2.15. The van der Waals surface area contributed by atoms with E-state index in [1.807, 2.05) is 11.3 Å². The smallest absolute Gasteiger partial charge is 0.130 e. The van der Waals surface area contributed by atoms with Crippen LogP contribution in [-0.4, -0.2) is 9.59 Å². The van der Waals surface area contributed by atoms with E-state index >= 15 is 0 Å². The second-order valence-electron chi connectivity index (χ2n) is 4.65. The molecule has 3 nitrogen and oxygen atoms in total. The van der Waals surface area contributed by atoms with E-state index in [0.29, 0.717) is 0 Å². The molecule has 0 bridgehead atoms. The molecule has 2 aromatic heterocycles. The maximum absolute atomic E-state index is 3.81. The number of nitrogens with one attached hydrogen (secondary N) is 1. The molecule has 0 fully saturated rings. The number of hydrogen-bond donors (Lipinski definition) is 1. The van der Waals surface area contributed by atoms with Gasteiger partial charge in [0.05, 0.1) is 12.7 Å². The molecule has 1 N–H and O–H groups in total. The number of thiophene rings is 1. The van der Waals surface area contributed by atoms with Crippen LogP contribution in [0.2, 0.25) is 0 Å². The van der Waals surface area contributed by atoms with Crippen molar-refractivity contribution in [2.24, 2.45) is 0 Å². The summed E-state index contributed by atoms with van der Waals surface area (Å²) in [5.41, 5.74) is 0.245. The molecular formula is C11H15N3S2. The molecule has 2 heterocycles. The van der Waals surface area contributed by atoms with Crippen molar-refractivity contribution >= 4 is 27.9 Å². The molecular weight excluding hydrogens is 238 g/mol. The lowest BCUT2D eigenvalue weighted by atomic mass is 9.95. The maximum atomic E-state index is 3.81. The summed E-state index contributed by atoms with van der Waals surface area (Å²) in [5.74, 6) is 0. The van der Waals surface area contributed by atoms with Gasteiger partial charge in [0.2, 0.25) is 0 Å². The molecule has 0 spiro atoms. The van der Waals surface area contributed by atoms with Crippen molar-refractivity contribution in [3.63, 3.8) is 0 Å². The average molecular weight is 253 g/mol. The Balaban J connectivity index is 1.98. The molecule has 2 rings (SSSR count). The third-order valence-corrected chi connectivity index (χ3v) is 4.33. The van der Waals surface area contributed by atoms with Crippen molar-refractivity contribution in [3.05, 3.63) is 28.1 Å². The molecule has 86 valence electrons. The Kier molecular flexibility index (Phi) is 3.25. The van der Waals surface area contributed by atoms with Crippen LogP contribution in [0, 0.1) is 0 Å². The highest BCUT2D eigenvalue weighted by atomic mass is 32.1. The van der Waals surface area contributed by atoms with E-state index in [1.165, 1.54) is 21.3 Å². The zero-order chi connectivity index (χ0) is 11.6. The highest BCUT2D eigenvalue weighted by Gasteiger charge is 2.15. The van der Waals surface area contributed by atoms with E-state index in [2.05, 4.69) is 47.8 Å². The zero-order valence-corrected chi connectivity index (χ0v) is 11.3. The molecule has 16 heavy (non-hydrogen) atoms. The van der Waals surface area contributed by atoms with Gasteiger partial charge in [0.15, 0.2) is 0 Å². The summed E-state index contributed by atoms with van der Waals surface area (Å²) in [4.78, 5) is 2.77. The lowest BCUT2D eigenvalue weighted by molar-refractivity contribution is 0.604. The van der Waals surface area contributed by atoms with Gasteiger partial charge in [0.25, 0.3) is 0 Å². The Labute approximate surface area is 104 Å². The van der Waals surface area contributed by atoms with E-state index in [0.717, 1.165) is 11.5 Å². The summed E-state index contributed by atoms with van der Waals surface area (Å²) < 4.78 is 3.81. The van der Waals surface area contributed by atoms with Gasteiger partial charge in [-0.3, -0.25) is 0 Å². The van der Waals surface area contributed by atoms with E-state index in [1.54, 1.807) is 6.20 Å². The van der Waals surface area contributed by atoms with Gasteiger partial charge in [-0.1, -0.05) is 25.3 Å². The van der Waals surface area contributed by atoms with Crippen molar-refractivity contribution in [3.8, 4) is 0 Å². The Morgan fingerprint density at radius 1 is 1.31 bits per heavy atom. The molecule has 0 unspecified atom stereocenters. The second kappa shape index (κ2) is 4.51. The molecule has 0 aliphatic rings. The fourth-order valence-electron chi connectivity index (χ4n) is 1.30. The third kappa shape index (κ3) is 2.80. The first-order valence-corrected chi connectivity index (χ1v) is 6.75. The first-order valence-electron chi connectivity index (χ1n) is 5.16. The highest BCUT2D eigenvalue weighted by molar-refractivity contribution is 7.12. The summed E-state index contributed by atoms with van der Waals surface area (Å²) in [6, 6.07) is 4.40. The third-order valence-electron chi connectivity index (χ3n) is 2.20. The van der Waals surface area contributed by atoms with Crippen LogP contribution >= 0.6 is 22.9 Å². The van der Waals surface area contributed by atoms with Crippen LogP contribution in [-0.2, 0) is 12.0 Å². The van der Waals surface area contributed by atoms with Crippen molar-refractivity contribution < 1.29 is 0 Å². The molecule has 0 aromatic carbocycles. The summed E-state index contributed by atoms with van der Waals surface area (Å²) >= 11 is 3.25. The van der Waals surface area contributed by atoms with Crippen molar-refractivity contribution in [2.45, 2.75) is 32.7 Å². The van der Waals surface area contributed by atoms with Crippen LogP contribution in [0.25, 0.3) is 0 Å². The molecule has 0 saturated heterocycles. The van der Waals surface area contributed by atoms with Crippen LogP contribution in [0.5, 0.6) is 0 Å². The fraction of sp³-hybridized carbons (Fsp3) is 0.455. The first-order chi connectivity index (χ1) is 7.55. The SMILES string of the molecule is CC(C)(C)c1ccc(CNc2cnns2)s1. The van der Waals surface area contributed by atoms with Crippen LogP contribution in [0.15, 0.2) is 18.3 Å². The minimum Gasteiger partial charge on any atom is -0.369 e. The minimum absolute atomic E-state index is 0.245. The Morgan fingerprint density at radius 3 is 2.69 bits per heavy atom. The number of aromatic nitrogens is 2. The summed E-state index contributed by atoms with van der Waals surface area (Å²) in [6.45, 7) is 7.57. The number of rotatable bonds is 3. The Morgan fingerprint density at radius 2 is 2.12 bits per heavy atom. The van der Waals surface area contributed by atoms with E-state index < -0.39 is 0 Å². The minimum atomic E-state index is 0.245. The van der Waals surface area contributed by atoms with Crippen LogP contribution in [0.1, 0.15) is 30.5 Å². The topological polar surface area (TPSA) is 37.8 Å². The maximum Gasteiger partial charge on any atom is 0.130 e. The summed E-state index contributed by atoms with van der Waals surface area (Å²) in [6.07, 6.45) is 1.75. The number of nitrogens with zero attached hydrogens (tertiary/aromatic N) is 2. The molecule has 0 atom stereocenters. The molecule has 0 saturated carbocycles. The van der Waals surface area contributed by atoms with E-state index in [9.17, 15) is 0 Å². The Hall–Kier alpha value is -0.940. The van der Waals surface area contributed by atoms with Gasteiger partial charge < -0.3 is 5.32 Å². The molecule has 0 radical (unpaired) electrons. The van der Waals surface area contributed by atoms with Crippen LogP contribution < -0.4 is 5.32 Å². The van der Waals surface area contributed by atoms with Crippen molar-refractivity contribution in [1.82, 2.24) is 9.59 Å². The monoisotopic (exact) mass is 253 g/mol. The van der Waals surface area contributed by atoms with E-state index in [4.69, 9.17) is 0 Å². The molecule has 5 heteroatoms. The van der Waals surface area contributed by atoms with Crippen molar-refractivity contribution in [1.29, 1.82) is 0 Å². The zero-order valence-electron chi connectivity index (χ0n) is 9.65. The van der Waals surface area contributed by atoms with Crippen molar-refractivity contribution in [2.75, 3.05) is 5.32 Å². The molecule has 2 aromatic rings. The fourth-order valence-corrected chi connectivity index (χ4v) is 2.71. The van der Waals surface area contributed by atoms with Gasteiger partial charge in [-0.15, -0.1) is 16.4 Å². The summed E-state index contributed by atoms with van der Waals surface area (Å²) in [5, 5.41) is 8.12. The predicted molar refractivity (Wildman–Crippen MR) is 70.3 cm³/mol. The highest BCUT2D eigenvalue weighted by Crippen LogP contribution is 2.29. The lowest BCUT2D eigenvalue weighted by Crippen LogP contribution is -2.07. The van der Waals surface area contributed by atoms with Crippen LogP contribution in [0.3, 0.4) is 0 Å². The molecule has 0 aliphatic heterocycles. The average Bonchev–Trinajstić information content (AvgIpc) is 2.85. The van der Waals surface area contributed by atoms with Gasteiger partial charge in [-0.05, 0) is 17.5 Å². The molecule has 0 amide bonds. The van der Waals surface area contributed by atoms with Crippen LogP contribution in [0.4, 0.5) is 5.00 Å². The van der Waals surface area contributed by atoms with Gasteiger partial charge in [0.1, 0.15) is 5.00 Å². The Bertz CT molecular complexity index is 440. The predicted octanol–water partition coefficient (Wildman–Crippen LogP) is 3.51. The standard InChI is InChI=1S/C11H15N3S2/c1-11(2,3)9-5-4-8(15-9)6-12-10-7-13-14-16-10/h4-5,7,12H,6H2,1-3H3. The normalized spacial score (nSPS) is 11.7. The second-order valence-corrected chi connectivity index (χ2v) is 6.61.